The predicted molar refractivity (Wildman–Crippen MR) is 89.1 cm³/mol. The number of furan rings is 1. The van der Waals surface area contributed by atoms with Crippen molar-refractivity contribution >= 4 is 17.7 Å². The van der Waals surface area contributed by atoms with Gasteiger partial charge in [0.05, 0.1) is 12.0 Å². The van der Waals surface area contributed by atoms with E-state index in [2.05, 4.69) is 17.1 Å². The van der Waals surface area contributed by atoms with Crippen LogP contribution in [0.15, 0.2) is 28.0 Å². The van der Waals surface area contributed by atoms with Crippen molar-refractivity contribution in [2.24, 2.45) is 0 Å². The molecule has 1 saturated heterocycles. The second-order valence-corrected chi connectivity index (χ2v) is 6.69. The maximum absolute atomic E-state index is 12.4. The maximum Gasteiger partial charge on any atom is 0.233 e. The molecule has 3 rings (SSSR count). The zero-order valence-corrected chi connectivity index (χ0v) is 14.4. The molecular formula is C16H22N4O2S. The Morgan fingerprint density at radius 2 is 2.30 bits per heavy atom. The molecule has 1 atom stereocenters. The van der Waals surface area contributed by atoms with Crippen molar-refractivity contribution in [3.8, 4) is 11.6 Å². The summed E-state index contributed by atoms with van der Waals surface area (Å²) in [5.74, 6) is 1.99. The highest BCUT2D eigenvalue weighted by molar-refractivity contribution is 7.99. The van der Waals surface area contributed by atoms with Crippen LogP contribution in [0.2, 0.25) is 0 Å². The van der Waals surface area contributed by atoms with Gasteiger partial charge in [-0.15, -0.1) is 10.2 Å². The standard InChI is InChI=1S/C16H22N4O2S/c1-3-19-15(13-8-6-10-22-13)17-18-16(19)23-11-14(21)20-9-5-4-7-12(20)2/h6,8,10,12H,3-5,7,9,11H2,1-2H3/t12-/m1/s1. The molecule has 2 aromatic heterocycles. The molecule has 0 radical (unpaired) electrons. The number of carbonyl (C=O) groups is 1. The molecule has 1 amide bonds. The average Bonchev–Trinajstić information content (AvgIpc) is 3.21. The first-order valence-corrected chi connectivity index (χ1v) is 9.08. The number of likely N-dealkylation sites (tertiary alicyclic amines) is 1. The van der Waals surface area contributed by atoms with Crippen molar-refractivity contribution in [3.63, 3.8) is 0 Å². The third-order valence-corrected chi connectivity index (χ3v) is 5.17. The van der Waals surface area contributed by atoms with Gasteiger partial charge in [0.2, 0.25) is 5.91 Å². The molecule has 124 valence electrons. The van der Waals surface area contributed by atoms with Crippen LogP contribution in [0, 0.1) is 0 Å². The van der Waals surface area contributed by atoms with Crippen molar-refractivity contribution in [3.05, 3.63) is 18.4 Å². The fraction of sp³-hybridized carbons (Fsp3) is 0.562. The monoisotopic (exact) mass is 334 g/mol. The molecule has 7 heteroatoms. The van der Waals surface area contributed by atoms with Crippen LogP contribution in [-0.4, -0.2) is 43.9 Å². The van der Waals surface area contributed by atoms with E-state index < -0.39 is 0 Å². The first-order valence-electron chi connectivity index (χ1n) is 8.10. The van der Waals surface area contributed by atoms with E-state index in [0.29, 0.717) is 23.4 Å². The minimum absolute atomic E-state index is 0.187. The van der Waals surface area contributed by atoms with Gasteiger partial charge in [-0.3, -0.25) is 9.36 Å². The fourth-order valence-corrected chi connectivity index (χ4v) is 3.83. The van der Waals surface area contributed by atoms with Crippen molar-refractivity contribution in [2.75, 3.05) is 12.3 Å². The van der Waals surface area contributed by atoms with Crippen LogP contribution in [0.5, 0.6) is 0 Å². The maximum atomic E-state index is 12.4. The summed E-state index contributed by atoms with van der Waals surface area (Å²) in [6.45, 7) is 5.78. The molecule has 0 N–H and O–H groups in total. The summed E-state index contributed by atoms with van der Waals surface area (Å²) in [5, 5.41) is 9.19. The number of piperidine rings is 1. The van der Waals surface area contributed by atoms with E-state index in [1.807, 2.05) is 28.5 Å². The Balaban J connectivity index is 1.67. The number of hydrogen-bond acceptors (Lipinski definition) is 5. The van der Waals surface area contributed by atoms with Crippen LogP contribution in [-0.2, 0) is 11.3 Å². The zero-order chi connectivity index (χ0) is 16.2. The molecule has 6 nitrogen and oxygen atoms in total. The molecule has 0 aliphatic carbocycles. The van der Waals surface area contributed by atoms with Gasteiger partial charge in [-0.1, -0.05) is 11.8 Å². The number of amides is 1. The second-order valence-electron chi connectivity index (χ2n) is 5.75. The number of rotatable bonds is 5. The predicted octanol–water partition coefficient (Wildman–Crippen LogP) is 3.05. The van der Waals surface area contributed by atoms with Crippen LogP contribution in [0.3, 0.4) is 0 Å². The van der Waals surface area contributed by atoms with Crippen LogP contribution >= 0.6 is 11.8 Å². The zero-order valence-electron chi connectivity index (χ0n) is 13.6. The molecule has 1 aliphatic heterocycles. The van der Waals surface area contributed by atoms with E-state index in [-0.39, 0.29) is 5.91 Å². The van der Waals surface area contributed by atoms with Gasteiger partial charge in [0.25, 0.3) is 0 Å². The smallest absolute Gasteiger partial charge is 0.233 e. The van der Waals surface area contributed by atoms with E-state index >= 15 is 0 Å². The van der Waals surface area contributed by atoms with Crippen molar-refractivity contribution in [1.82, 2.24) is 19.7 Å². The van der Waals surface area contributed by atoms with Crippen molar-refractivity contribution in [2.45, 2.75) is 50.9 Å². The number of aromatic nitrogens is 3. The lowest BCUT2D eigenvalue weighted by Crippen LogP contribution is -2.43. The molecule has 1 fully saturated rings. The van der Waals surface area contributed by atoms with E-state index in [4.69, 9.17) is 4.42 Å². The van der Waals surface area contributed by atoms with E-state index in [9.17, 15) is 4.79 Å². The van der Waals surface area contributed by atoms with Crippen LogP contribution in [0.4, 0.5) is 0 Å². The van der Waals surface area contributed by atoms with E-state index in [1.165, 1.54) is 18.2 Å². The molecule has 0 saturated carbocycles. The lowest BCUT2D eigenvalue weighted by atomic mass is 10.0. The quantitative estimate of drug-likeness (QED) is 0.786. The van der Waals surface area contributed by atoms with Gasteiger partial charge in [-0.2, -0.15) is 0 Å². The summed E-state index contributed by atoms with van der Waals surface area (Å²) in [7, 11) is 0. The minimum atomic E-state index is 0.187. The number of hydrogen-bond donors (Lipinski definition) is 0. The van der Waals surface area contributed by atoms with Gasteiger partial charge in [0, 0.05) is 19.1 Å². The molecule has 0 spiro atoms. The Labute approximate surface area is 140 Å². The SMILES string of the molecule is CCn1c(SCC(=O)N2CCCC[C@H]2C)nnc1-c1ccco1. The number of carbonyl (C=O) groups excluding carboxylic acids is 1. The second kappa shape index (κ2) is 7.21. The summed E-state index contributed by atoms with van der Waals surface area (Å²) in [6.07, 6.45) is 5.05. The van der Waals surface area contributed by atoms with E-state index in [0.717, 1.165) is 31.1 Å². The Morgan fingerprint density at radius 1 is 1.43 bits per heavy atom. The number of thioether (sulfide) groups is 1. The largest absolute Gasteiger partial charge is 0.461 e. The third-order valence-electron chi connectivity index (χ3n) is 4.22. The van der Waals surface area contributed by atoms with Gasteiger partial charge in [-0.25, -0.2) is 0 Å². The molecule has 3 heterocycles. The third kappa shape index (κ3) is 3.44. The van der Waals surface area contributed by atoms with E-state index in [1.54, 1.807) is 6.26 Å². The highest BCUT2D eigenvalue weighted by Gasteiger charge is 2.24. The summed E-state index contributed by atoms with van der Waals surface area (Å²) in [5.41, 5.74) is 0. The van der Waals surface area contributed by atoms with Crippen LogP contribution in [0.1, 0.15) is 33.1 Å². The lowest BCUT2D eigenvalue weighted by Gasteiger charge is -2.33. The number of nitrogens with zero attached hydrogens (tertiary/aromatic N) is 4. The summed E-state index contributed by atoms with van der Waals surface area (Å²) in [4.78, 5) is 14.4. The first-order chi connectivity index (χ1) is 11.2. The van der Waals surface area contributed by atoms with Gasteiger partial charge in [0.1, 0.15) is 0 Å². The van der Waals surface area contributed by atoms with Crippen LogP contribution < -0.4 is 0 Å². The molecular weight excluding hydrogens is 312 g/mol. The van der Waals surface area contributed by atoms with Gasteiger partial charge in [-0.05, 0) is 45.2 Å². The summed E-state index contributed by atoms with van der Waals surface area (Å²) in [6, 6.07) is 4.04. The lowest BCUT2D eigenvalue weighted by molar-refractivity contribution is -0.131. The Bertz CT molecular complexity index is 653. The summed E-state index contributed by atoms with van der Waals surface area (Å²) < 4.78 is 7.38. The Morgan fingerprint density at radius 3 is 3.00 bits per heavy atom. The van der Waals surface area contributed by atoms with Gasteiger partial charge >= 0.3 is 0 Å². The molecule has 2 aromatic rings. The normalized spacial score (nSPS) is 18.3. The van der Waals surface area contributed by atoms with Crippen LogP contribution in [0.25, 0.3) is 11.6 Å². The summed E-state index contributed by atoms with van der Waals surface area (Å²) >= 11 is 1.45. The van der Waals surface area contributed by atoms with Gasteiger partial charge in [0.15, 0.2) is 16.7 Å². The van der Waals surface area contributed by atoms with Gasteiger partial charge < -0.3 is 9.32 Å². The molecule has 0 aromatic carbocycles. The van der Waals surface area contributed by atoms with Crippen molar-refractivity contribution in [1.29, 1.82) is 0 Å². The molecule has 0 bridgehead atoms. The fourth-order valence-electron chi connectivity index (χ4n) is 2.95. The highest BCUT2D eigenvalue weighted by atomic mass is 32.2. The molecule has 23 heavy (non-hydrogen) atoms. The average molecular weight is 334 g/mol. The Kier molecular flexibility index (Phi) is 5.05. The Hall–Kier alpha value is -1.76. The minimum Gasteiger partial charge on any atom is -0.461 e. The first kappa shape index (κ1) is 16.1. The topological polar surface area (TPSA) is 64.2 Å². The molecule has 0 unspecified atom stereocenters. The molecule has 1 aliphatic rings. The van der Waals surface area contributed by atoms with Crippen molar-refractivity contribution < 1.29 is 9.21 Å². The highest BCUT2D eigenvalue weighted by Crippen LogP contribution is 2.25.